The lowest BCUT2D eigenvalue weighted by atomic mass is 10.1. The molecule has 0 spiro atoms. The second kappa shape index (κ2) is 5.11. The van der Waals surface area contributed by atoms with Gasteiger partial charge in [-0.15, -0.1) is 0 Å². The minimum atomic E-state index is -0.894. The SMILES string of the molecule is CCOC(C)CN1CC(C(=O)O)CC1=O. The molecule has 0 saturated carbocycles. The number of hydrogen-bond donors (Lipinski definition) is 1. The first kappa shape index (κ1) is 12.0. The predicted molar refractivity (Wildman–Crippen MR) is 53.4 cm³/mol. The summed E-state index contributed by atoms with van der Waals surface area (Å²) in [5.74, 6) is -1.53. The summed E-state index contributed by atoms with van der Waals surface area (Å²) in [6.07, 6.45) is 0.0836. The monoisotopic (exact) mass is 215 g/mol. The smallest absolute Gasteiger partial charge is 0.308 e. The number of nitrogens with zero attached hydrogens (tertiary/aromatic N) is 1. The third-order valence-corrected chi connectivity index (χ3v) is 2.49. The van der Waals surface area contributed by atoms with Crippen LogP contribution in [0.1, 0.15) is 20.3 Å². The van der Waals surface area contributed by atoms with Crippen LogP contribution in [-0.2, 0) is 14.3 Å². The fraction of sp³-hybridized carbons (Fsp3) is 0.800. The van der Waals surface area contributed by atoms with Crippen molar-refractivity contribution in [1.82, 2.24) is 4.90 Å². The van der Waals surface area contributed by atoms with E-state index in [2.05, 4.69) is 0 Å². The summed E-state index contributed by atoms with van der Waals surface area (Å²) in [5.41, 5.74) is 0. The number of carbonyl (C=O) groups is 2. The van der Waals surface area contributed by atoms with Crippen LogP contribution in [0.5, 0.6) is 0 Å². The molecule has 0 aromatic heterocycles. The van der Waals surface area contributed by atoms with Crippen LogP contribution in [-0.4, -0.2) is 47.7 Å². The summed E-state index contributed by atoms with van der Waals surface area (Å²) in [7, 11) is 0. The van der Waals surface area contributed by atoms with Gasteiger partial charge < -0.3 is 14.7 Å². The normalized spacial score (nSPS) is 23.2. The van der Waals surface area contributed by atoms with Gasteiger partial charge in [-0.3, -0.25) is 9.59 Å². The first-order valence-electron chi connectivity index (χ1n) is 5.16. The molecular formula is C10H17NO4. The van der Waals surface area contributed by atoms with E-state index < -0.39 is 11.9 Å². The number of amides is 1. The van der Waals surface area contributed by atoms with E-state index in [9.17, 15) is 9.59 Å². The Bertz CT molecular complexity index is 254. The van der Waals surface area contributed by atoms with E-state index in [-0.39, 0.29) is 18.4 Å². The van der Waals surface area contributed by atoms with Crippen molar-refractivity contribution < 1.29 is 19.4 Å². The van der Waals surface area contributed by atoms with E-state index in [4.69, 9.17) is 9.84 Å². The highest BCUT2D eigenvalue weighted by Crippen LogP contribution is 2.18. The van der Waals surface area contributed by atoms with Crippen LogP contribution in [0.2, 0.25) is 0 Å². The van der Waals surface area contributed by atoms with Crippen LogP contribution in [0, 0.1) is 5.92 Å². The second-order valence-corrected chi connectivity index (χ2v) is 3.80. The Kier molecular flexibility index (Phi) is 4.08. The van der Waals surface area contributed by atoms with Gasteiger partial charge in [0.05, 0.1) is 12.0 Å². The third kappa shape index (κ3) is 3.20. The van der Waals surface area contributed by atoms with Crippen LogP contribution < -0.4 is 0 Å². The molecule has 1 amide bonds. The topological polar surface area (TPSA) is 66.8 Å². The van der Waals surface area contributed by atoms with Crippen LogP contribution >= 0.6 is 0 Å². The van der Waals surface area contributed by atoms with Gasteiger partial charge in [0, 0.05) is 26.1 Å². The number of rotatable bonds is 5. The van der Waals surface area contributed by atoms with Gasteiger partial charge >= 0.3 is 5.97 Å². The van der Waals surface area contributed by atoms with Crippen molar-refractivity contribution in [3.63, 3.8) is 0 Å². The maximum absolute atomic E-state index is 11.4. The minimum absolute atomic E-state index is 0.0357. The summed E-state index contributed by atoms with van der Waals surface area (Å²) in [4.78, 5) is 23.7. The molecule has 0 radical (unpaired) electrons. The first-order valence-corrected chi connectivity index (χ1v) is 5.16. The molecule has 1 saturated heterocycles. The van der Waals surface area contributed by atoms with Crippen molar-refractivity contribution in [1.29, 1.82) is 0 Å². The van der Waals surface area contributed by atoms with Crippen LogP contribution in [0.3, 0.4) is 0 Å². The van der Waals surface area contributed by atoms with Gasteiger partial charge in [-0.25, -0.2) is 0 Å². The van der Waals surface area contributed by atoms with E-state index in [0.717, 1.165) is 0 Å². The summed E-state index contributed by atoms with van der Waals surface area (Å²) in [6.45, 7) is 5.17. The Morgan fingerprint density at radius 1 is 1.73 bits per heavy atom. The number of aliphatic carboxylic acids is 1. The molecule has 5 nitrogen and oxygen atoms in total. The quantitative estimate of drug-likeness (QED) is 0.718. The highest BCUT2D eigenvalue weighted by atomic mass is 16.5. The standard InChI is InChI=1S/C10H17NO4/c1-3-15-7(2)5-11-6-8(10(13)14)4-9(11)12/h7-8H,3-6H2,1-2H3,(H,13,14). The number of carboxylic acids is 1. The zero-order valence-corrected chi connectivity index (χ0v) is 9.10. The lowest BCUT2D eigenvalue weighted by Crippen LogP contribution is -2.34. The van der Waals surface area contributed by atoms with Gasteiger partial charge in [-0.05, 0) is 13.8 Å². The lowest BCUT2D eigenvalue weighted by Gasteiger charge is -2.20. The third-order valence-electron chi connectivity index (χ3n) is 2.49. The molecule has 2 atom stereocenters. The van der Waals surface area contributed by atoms with Crippen molar-refractivity contribution in [3.8, 4) is 0 Å². The van der Waals surface area contributed by atoms with Crippen molar-refractivity contribution >= 4 is 11.9 Å². The molecule has 15 heavy (non-hydrogen) atoms. The van der Waals surface area contributed by atoms with Crippen LogP contribution in [0.25, 0.3) is 0 Å². The molecular weight excluding hydrogens is 198 g/mol. The molecule has 1 aliphatic heterocycles. The highest BCUT2D eigenvalue weighted by Gasteiger charge is 2.34. The Morgan fingerprint density at radius 2 is 2.40 bits per heavy atom. The van der Waals surface area contributed by atoms with E-state index in [1.807, 2.05) is 13.8 Å². The van der Waals surface area contributed by atoms with E-state index >= 15 is 0 Å². The van der Waals surface area contributed by atoms with Gasteiger partial charge in [-0.1, -0.05) is 0 Å². The van der Waals surface area contributed by atoms with E-state index in [1.165, 1.54) is 0 Å². The summed E-state index contributed by atoms with van der Waals surface area (Å²) in [6, 6.07) is 0. The zero-order valence-electron chi connectivity index (χ0n) is 9.10. The van der Waals surface area contributed by atoms with E-state index in [1.54, 1.807) is 4.90 Å². The van der Waals surface area contributed by atoms with Crippen molar-refractivity contribution in [2.24, 2.45) is 5.92 Å². The van der Waals surface area contributed by atoms with Crippen LogP contribution in [0.15, 0.2) is 0 Å². The summed E-state index contributed by atoms with van der Waals surface area (Å²) >= 11 is 0. The van der Waals surface area contributed by atoms with Crippen molar-refractivity contribution in [3.05, 3.63) is 0 Å². The molecule has 86 valence electrons. The average Bonchev–Trinajstić information content (AvgIpc) is 2.48. The van der Waals surface area contributed by atoms with Gasteiger partial charge in [0.25, 0.3) is 0 Å². The Labute approximate surface area is 89.0 Å². The largest absolute Gasteiger partial charge is 0.481 e. The molecule has 1 heterocycles. The Morgan fingerprint density at radius 3 is 2.87 bits per heavy atom. The van der Waals surface area contributed by atoms with Crippen molar-refractivity contribution in [2.45, 2.75) is 26.4 Å². The molecule has 0 aromatic rings. The molecule has 1 rings (SSSR count). The zero-order chi connectivity index (χ0) is 11.4. The molecule has 0 bridgehead atoms. The van der Waals surface area contributed by atoms with Crippen molar-refractivity contribution in [2.75, 3.05) is 19.7 Å². The molecule has 5 heteroatoms. The average molecular weight is 215 g/mol. The first-order chi connectivity index (χ1) is 7.04. The number of likely N-dealkylation sites (tertiary alicyclic amines) is 1. The number of ether oxygens (including phenoxy) is 1. The fourth-order valence-electron chi connectivity index (χ4n) is 1.76. The Balaban J connectivity index is 2.43. The van der Waals surface area contributed by atoms with Crippen LogP contribution in [0.4, 0.5) is 0 Å². The maximum Gasteiger partial charge on any atom is 0.308 e. The number of hydrogen-bond acceptors (Lipinski definition) is 3. The molecule has 0 aromatic carbocycles. The molecule has 0 aliphatic carbocycles. The predicted octanol–water partition coefficient (Wildman–Crippen LogP) is 0.344. The van der Waals surface area contributed by atoms with Gasteiger partial charge in [0.1, 0.15) is 0 Å². The van der Waals surface area contributed by atoms with Gasteiger partial charge in [0.2, 0.25) is 5.91 Å². The summed E-state index contributed by atoms with van der Waals surface area (Å²) < 4.78 is 5.31. The number of carboxylic acid groups (broad SMARTS) is 1. The lowest BCUT2D eigenvalue weighted by molar-refractivity contribution is -0.141. The molecule has 1 N–H and O–H groups in total. The van der Waals surface area contributed by atoms with Gasteiger partial charge in [0.15, 0.2) is 0 Å². The maximum atomic E-state index is 11.4. The van der Waals surface area contributed by atoms with Gasteiger partial charge in [-0.2, -0.15) is 0 Å². The second-order valence-electron chi connectivity index (χ2n) is 3.80. The fourth-order valence-corrected chi connectivity index (χ4v) is 1.76. The molecule has 2 unspecified atom stereocenters. The summed E-state index contributed by atoms with van der Waals surface area (Å²) in [5, 5.41) is 8.78. The Hall–Kier alpha value is -1.10. The minimum Gasteiger partial charge on any atom is -0.481 e. The molecule has 1 aliphatic rings. The molecule has 1 fully saturated rings. The van der Waals surface area contributed by atoms with E-state index in [0.29, 0.717) is 19.7 Å². The highest BCUT2D eigenvalue weighted by molar-refractivity contribution is 5.86. The number of carbonyl (C=O) groups excluding carboxylic acids is 1.